The molecule has 96 valence electrons. The second kappa shape index (κ2) is 5.83. The lowest BCUT2D eigenvalue weighted by Gasteiger charge is -2.10. The maximum atomic E-state index is 5.48. The van der Waals surface area contributed by atoms with Crippen LogP contribution in [0, 0.1) is 0 Å². The van der Waals surface area contributed by atoms with E-state index in [-0.39, 0.29) is 0 Å². The van der Waals surface area contributed by atoms with Crippen LogP contribution in [0.4, 0.5) is 5.82 Å². The molecule has 0 amide bonds. The summed E-state index contributed by atoms with van der Waals surface area (Å²) in [6, 6.07) is 0. The van der Waals surface area contributed by atoms with Gasteiger partial charge in [0.25, 0.3) is 0 Å². The van der Waals surface area contributed by atoms with Crippen LogP contribution in [0.15, 0.2) is 28.9 Å². The van der Waals surface area contributed by atoms with Gasteiger partial charge >= 0.3 is 0 Å². The summed E-state index contributed by atoms with van der Waals surface area (Å²) in [7, 11) is 1.96. The van der Waals surface area contributed by atoms with Crippen molar-refractivity contribution in [3.8, 4) is 0 Å². The summed E-state index contributed by atoms with van der Waals surface area (Å²) in [5, 5.41) is 1.79. The first-order valence-electron chi connectivity index (χ1n) is 5.72. The molecule has 0 bridgehead atoms. The van der Waals surface area contributed by atoms with E-state index in [1.54, 1.807) is 6.20 Å². The zero-order chi connectivity index (χ0) is 13.0. The Balaban J connectivity index is 2.34. The maximum Gasteiger partial charge on any atom is 0.174 e. The molecule has 2 heterocycles. The van der Waals surface area contributed by atoms with E-state index in [0.717, 1.165) is 28.6 Å². The summed E-state index contributed by atoms with van der Waals surface area (Å²) in [5.41, 5.74) is 3.66. The number of hydrogen-bond acceptors (Lipinski definition) is 6. The summed E-state index contributed by atoms with van der Waals surface area (Å²) < 4.78 is 1.96. The fourth-order valence-corrected chi connectivity index (χ4v) is 2.53. The first kappa shape index (κ1) is 12.8. The second-order valence-corrected chi connectivity index (χ2v) is 4.78. The molecule has 0 fully saturated rings. The van der Waals surface area contributed by atoms with Crippen LogP contribution < -0.4 is 11.3 Å². The maximum absolute atomic E-state index is 5.48. The van der Waals surface area contributed by atoms with Crippen molar-refractivity contribution in [3.63, 3.8) is 0 Å². The molecular weight excluding hydrogens is 248 g/mol. The van der Waals surface area contributed by atoms with Gasteiger partial charge in [0.1, 0.15) is 17.2 Å². The zero-order valence-corrected chi connectivity index (χ0v) is 11.2. The molecule has 6 nitrogen and oxygen atoms in total. The van der Waals surface area contributed by atoms with Crippen molar-refractivity contribution in [2.24, 2.45) is 12.9 Å². The Hall–Kier alpha value is -1.60. The predicted octanol–water partition coefficient (Wildman–Crippen LogP) is 1.60. The minimum absolute atomic E-state index is 0.684. The van der Waals surface area contributed by atoms with Crippen LogP contribution in [-0.2, 0) is 13.5 Å². The van der Waals surface area contributed by atoms with E-state index in [9.17, 15) is 0 Å². The Morgan fingerprint density at radius 2 is 2.22 bits per heavy atom. The summed E-state index contributed by atoms with van der Waals surface area (Å²) in [6.45, 7) is 2.11. The van der Waals surface area contributed by atoms with Gasteiger partial charge in [0.05, 0.1) is 0 Å². The third kappa shape index (κ3) is 2.62. The zero-order valence-electron chi connectivity index (χ0n) is 10.4. The summed E-state index contributed by atoms with van der Waals surface area (Å²) in [6.07, 6.45) is 7.08. The molecule has 0 aromatic carbocycles. The smallest absolute Gasteiger partial charge is 0.174 e. The Morgan fingerprint density at radius 1 is 1.39 bits per heavy atom. The molecule has 2 rings (SSSR count). The van der Waals surface area contributed by atoms with E-state index in [2.05, 4.69) is 27.3 Å². The van der Waals surface area contributed by atoms with Gasteiger partial charge in [-0.05, 0) is 18.2 Å². The quantitative estimate of drug-likeness (QED) is 0.485. The minimum atomic E-state index is 0.684. The van der Waals surface area contributed by atoms with Gasteiger partial charge in [0.15, 0.2) is 5.16 Å². The summed E-state index contributed by atoms with van der Waals surface area (Å²) in [4.78, 5) is 12.7. The van der Waals surface area contributed by atoms with Crippen LogP contribution in [0.2, 0.25) is 0 Å². The molecule has 0 aliphatic rings. The van der Waals surface area contributed by atoms with Gasteiger partial charge in [-0.2, -0.15) is 0 Å². The highest BCUT2D eigenvalue weighted by Crippen LogP contribution is 2.30. The second-order valence-electron chi connectivity index (χ2n) is 3.82. The van der Waals surface area contributed by atoms with Crippen LogP contribution in [0.3, 0.4) is 0 Å². The molecule has 0 saturated heterocycles. The van der Waals surface area contributed by atoms with Crippen LogP contribution in [-0.4, -0.2) is 19.5 Å². The van der Waals surface area contributed by atoms with Crippen LogP contribution in [0.1, 0.15) is 18.9 Å². The van der Waals surface area contributed by atoms with Crippen molar-refractivity contribution in [1.29, 1.82) is 0 Å². The molecule has 0 unspecified atom stereocenters. The number of nitrogens with two attached hydrogens (primary N) is 1. The lowest BCUT2D eigenvalue weighted by molar-refractivity contribution is 0.785. The molecular formula is C11H16N6S. The third-order valence-electron chi connectivity index (χ3n) is 2.51. The van der Waals surface area contributed by atoms with Crippen molar-refractivity contribution in [1.82, 2.24) is 19.5 Å². The number of anilines is 1. The van der Waals surface area contributed by atoms with Crippen LogP contribution in [0.5, 0.6) is 0 Å². The number of rotatable bonds is 5. The highest BCUT2D eigenvalue weighted by atomic mass is 32.2. The normalized spacial score (nSPS) is 10.6. The van der Waals surface area contributed by atoms with E-state index in [1.165, 1.54) is 18.1 Å². The molecule has 0 atom stereocenters. The largest absolute Gasteiger partial charge is 0.329 e. The molecule has 18 heavy (non-hydrogen) atoms. The number of nitrogen functional groups attached to an aromatic ring is 1. The van der Waals surface area contributed by atoms with E-state index in [0.29, 0.717) is 5.82 Å². The van der Waals surface area contributed by atoms with Crippen molar-refractivity contribution in [2.45, 2.75) is 29.9 Å². The van der Waals surface area contributed by atoms with Crippen molar-refractivity contribution < 1.29 is 0 Å². The lowest BCUT2D eigenvalue weighted by atomic mass is 10.2. The molecule has 0 radical (unpaired) electrons. The van der Waals surface area contributed by atoms with E-state index in [4.69, 9.17) is 5.84 Å². The molecule has 0 aliphatic heterocycles. The standard InChI is InChI=1S/C11H16N6S/c1-3-4-8-9(16-12)14-7-15-10(8)18-11-13-5-6-17(11)2/h5-7H,3-4,12H2,1-2H3,(H,14,15,16). The number of nitrogens with zero attached hydrogens (tertiary/aromatic N) is 4. The van der Waals surface area contributed by atoms with E-state index >= 15 is 0 Å². The fourth-order valence-electron chi connectivity index (χ4n) is 1.62. The van der Waals surface area contributed by atoms with Gasteiger partial charge in [-0.15, -0.1) is 0 Å². The highest BCUT2D eigenvalue weighted by Gasteiger charge is 2.13. The molecule has 0 spiro atoms. The highest BCUT2D eigenvalue weighted by molar-refractivity contribution is 7.99. The first-order valence-corrected chi connectivity index (χ1v) is 6.53. The van der Waals surface area contributed by atoms with E-state index < -0.39 is 0 Å². The summed E-state index contributed by atoms with van der Waals surface area (Å²) in [5.74, 6) is 6.17. The van der Waals surface area contributed by atoms with Gasteiger partial charge in [0.2, 0.25) is 0 Å². The molecule has 2 aromatic heterocycles. The van der Waals surface area contributed by atoms with Gasteiger partial charge in [-0.3, -0.25) is 0 Å². The molecule has 2 aromatic rings. The van der Waals surface area contributed by atoms with Gasteiger partial charge in [0, 0.05) is 25.0 Å². The Bertz CT molecular complexity index is 524. The number of aromatic nitrogens is 4. The molecule has 7 heteroatoms. The van der Waals surface area contributed by atoms with Gasteiger partial charge < -0.3 is 9.99 Å². The molecule has 0 aliphatic carbocycles. The van der Waals surface area contributed by atoms with Gasteiger partial charge in [-0.25, -0.2) is 20.8 Å². The van der Waals surface area contributed by atoms with E-state index in [1.807, 2.05) is 17.8 Å². The SMILES string of the molecule is CCCc1c(NN)ncnc1Sc1nccn1C. The lowest BCUT2D eigenvalue weighted by Crippen LogP contribution is -2.12. The Kier molecular flexibility index (Phi) is 4.16. The number of imidazole rings is 1. The number of hydrogen-bond donors (Lipinski definition) is 2. The van der Waals surface area contributed by atoms with Crippen molar-refractivity contribution in [3.05, 3.63) is 24.3 Å². The Morgan fingerprint density at radius 3 is 2.83 bits per heavy atom. The minimum Gasteiger partial charge on any atom is -0.329 e. The van der Waals surface area contributed by atoms with Crippen molar-refractivity contribution in [2.75, 3.05) is 5.43 Å². The average Bonchev–Trinajstić information content (AvgIpc) is 2.77. The Labute approximate surface area is 110 Å². The number of aryl methyl sites for hydroxylation is 1. The topological polar surface area (TPSA) is 81.7 Å². The van der Waals surface area contributed by atoms with Crippen LogP contribution >= 0.6 is 11.8 Å². The first-order chi connectivity index (χ1) is 8.76. The van der Waals surface area contributed by atoms with Crippen molar-refractivity contribution >= 4 is 17.6 Å². The predicted molar refractivity (Wildman–Crippen MR) is 71.2 cm³/mol. The molecule has 3 N–H and O–H groups in total. The third-order valence-corrected chi connectivity index (χ3v) is 3.63. The van der Waals surface area contributed by atoms with Crippen LogP contribution in [0.25, 0.3) is 0 Å². The fraction of sp³-hybridized carbons (Fsp3) is 0.364. The average molecular weight is 264 g/mol. The number of hydrazine groups is 1. The monoisotopic (exact) mass is 264 g/mol. The summed E-state index contributed by atoms with van der Waals surface area (Å²) >= 11 is 1.52. The van der Waals surface area contributed by atoms with Gasteiger partial charge in [-0.1, -0.05) is 13.3 Å². The molecule has 0 saturated carbocycles. The number of nitrogens with one attached hydrogen (secondary N) is 1.